The average Bonchev–Trinajstić information content (AvgIpc) is 3.03. The Morgan fingerprint density at radius 1 is 1.38 bits per heavy atom. The first-order valence-electron chi connectivity index (χ1n) is 7.42. The number of piperidine rings is 1. The van der Waals surface area contributed by atoms with Crippen LogP contribution in [0.2, 0.25) is 5.02 Å². The molecule has 0 amide bonds. The van der Waals surface area contributed by atoms with Gasteiger partial charge in [0.1, 0.15) is 10.7 Å². The van der Waals surface area contributed by atoms with E-state index >= 15 is 0 Å². The molecule has 0 unspecified atom stereocenters. The van der Waals surface area contributed by atoms with Crippen LogP contribution in [0.4, 0.5) is 4.39 Å². The van der Waals surface area contributed by atoms with Crippen molar-refractivity contribution in [1.29, 1.82) is 0 Å². The molecule has 3 heterocycles. The Kier molecular flexibility index (Phi) is 3.83. The minimum Gasteiger partial charge on any atom is -0.368 e. The van der Waals surface area contributed by atoms with Gasteiger partial charge in [-0.05, 0) is 24.6 Å². The molecule has 128 valence electrons. The minimum absolute atomic E-state index is 0.0358. The number of ether oxygens (including phenoxy) is 1. The Hall–Kier alpha value is -1.55. The molecular weight excluding hydrogens is 359 g/mol. The van der Waals surface area contributed by atoms with Crippen molar-refractivity contribution in [1.82, 2.24) is 19.3 Å². The summed E-state index contributed by atoms with van der Waals surface area (Å²) in [5, 5.41) is 7.82. The summed E-state index contributed by atoms with van der Waals surface area (Å²) in [6.45, 7) is 0.846. The first kappa shape index (κ1) is 15.9. The van der Waals surface area contributed by atoms with Gasteiger partial charge in [0.2, 0.25) is 10.0 Å². The van der Waals surface area contributed by atoms with E-state index in [1.165, 1.54) is 10.4 Å². The zero-order valence-electron chi connectivity index (χ0n) is 12.5. The fourth-order valence-corrected chi connectivity index (χ4v) is 5.17. The van der Waals surface area contributed by atoms with Crippen LogP contribution in [0.1, 0.15) is 18.2 Å². The molecule has 1 aromatic heterocycles. The van der Waals surface area contributed by atoms with Crippen LogP contribution in [0, 0.1) is 5.82 Å². The number of sulfonamides is 1. The van der Waals surface area contributed by atoms with Gasteiger partial charge in [0.15, 0.2) is 0 Å². The molecule has 7 nitrogen and oxygen atoms in total. The van der Waals surface area contributed by atoms with Crippen molar-refractivity contribution >= 4 is 21.6 Å². The Morgan fingerprint density at radius 2 is 2.21 bits per heavy atom. The van der Waals surface area contributed by atoms with Crippen molar-refractivity contribution in [2.45, 2.75) is 30.1 Å². The maximum Gasteiger partial charge on any atom is 0.244 e. The molecule has 0 aliphatic carbocycles. The second-order valence-electron chi connectivity index (χ2n) is 5.81. The summed E-state index contributed by atoms with van der Waals surface area (Å²) in [6.07, 6.45) is 1.90. The molecule has 0 bridgehead atoms. The summed E-state index contributed by atoms with van der Waals surface area (Å²) in [5.74, 6) is -0.577. The average molecular weight is 373 g/mol. The lowest BCUT2D eigenvalue weighted by atomic mass is 10.0. The Balaban J connectivity index is 1.61. The van der Waals surface area contributed by atoms with E-state index in [9.17, 15) is 12.8 Å². The first-order chi connectivity index (χ1) is 11.5. The van der Waals surface area contributed by atoms with E-state index in [0.717, 1.165) is 17.8 Å². The number of aromatic nitrogens is 3. The Bertz CT molecular complexity index is 888. The quantitative estimate of drug-likeness (QED) is 0.800. The van der Waals surface area contributed by atoms with Crippen molar-refractivity contribution in [3.63, 3.8) is 0 Å². The van der Waals surface area contributed by atoms with E-state index < -0.39 is 15.8 Å². The fourth-order valence-electron chi connectivity index (χ4n) is 3.20. The number of hydrogen-bond acceptors (Lipinski definition) is 5. The van der Waals surface area contributed by atoms with Gasteiger partial charge in [-0.2, -0.15) is 4.31 Å². The molecule has 10 heteroatoms. The van der Waals surface area contributed by atoms with Crippen LogP contribution in [0.3, 0.4) is 0 Å². The van der Waals surface area contributed by atoms with E-state index in [1.807, 2.05) is 4.68 Å². The van der Waals surface area contributed by atoms with E-state index in [-0.39, 0.29) is 28.6 Å². The van der Waals surface area contributed by atoms with Gasteiger partial charge in [-0.15, -0.1) is 5.10 Å². The van der Waals surface area contributed by atoms with Crippen LogP contribution in [0.25, 0.3) is 0 Å². The predicted octanol–water partition coefficient (Wildman–Crippen LogP) is 1.61. The third-order valence-electron chi connectivity index (χ3n) is 4.41. The van der Waals surface area contributed by atoms with Gasteiger partial charge in [-0.25, -0.2) is 17.5 Å². The maximum atomic E-state index is 13.2. The Labute approximate surface area is 143 Å². The van der Waals surface area contributed by atoms with Crippen LogP contribution in [0.5, 0.6) is 0 Å². The van der Waals surface area contributed by atoms with Crippen LogP contribution in [0.15, 0.2) is 29.3 Å². The molecule has 2 aliphatic rings. The van der Waals surface area contributed by atoms with Crippen molar-refractivity contribution in [3.8, 4) is 0 Å². The topological polar surface area (TPSA) is 77.3 Å². The van der Waals surface area contributed by atoms with Gasteiger partial charge in [0, 0.05) is 13.1 Å². The van der Waals surface area contributed by atoms with Crippen molar-refractivity contribution in [2.24, 2.45) is 0 Å². The molecule has 24 heavy (non-hydrogen) atoms. The summed E-state index contributed by atoms with van der Waals surface area (Å²) >= 11 is 5.92. The van der Waals surface area contributed by atoms with Gasteiger partial charge in [-0.1, -0.05) is 16.8 Å². The lowest BCUT2D eigenvalue weighted by Crippen LogP contribution is -2.50. The van der Waals surface area contributed by atoms with Gasteiger partial charge in [-0.3, -0.25) is 0 Å². The molecule has 1 saturated heterocycles. The van der Waals surface area contributed by atoms with Crippen LogP contribution in [-0.2, 0) is 21.4 Å². The lowest BCUT2D eigenvalue weighted by Gasteiger charge is -2.40. The molecule has 2 aromatic rings. The van der Waals surface area contributed by atoms with Crippen LogP contribution in [-0.4, -0.2) is 46.9 Å². The molecule has 0 spiro atoms. The number of halogens is 2. The molecule has 0 N–H and O–H groups in total. The molecule has 4 rings (SSSR count). The zero-order valence-corrected chi connectivity index (χ0v) is 14.0. The molecular formula is C14H14ClFN4O3S. The molecule has 0 saturated carbocycles. The molecule has 1 aromatic carbocycles. The largest absolute Gasteiger partial charge is 0.368 e. The monoisotopic (exact) mass is 372 g/mol. The lowest BCUT2D eigenvalue weighted by molar-refractivity contribution is -0.0543. The zero-order chi connectivity index (χ0) is 16.9. The van der Waals surface area contributed by atoms with E-state index in [0.29, 0.717) is 19.6 Å². The van der Waals surface area contributed by atoms with Crippen LogP contribution < -0.4 is 0 Å². The second-order valence-corrected chi connectivity index (χ2v) is 8.13. The highest BCUT2D eigenvalue weighted by Crippen LogP contribution is 2.34. The predicted molar refractivity (Wildman–Crippen MR) is 82.4 cm³/mol. The van der Waals surface area contributed by atoms with E-state index in [1.54, 1.807) is 6.20 Å². The van der Waals surface area contributed by atoms with E-state index in [2.05, 4.69) is 10.3 Å². The summed E-state index contributed by atoms with van der Waals surface area (Å²) in [7, 11) is -3.81. The number of hydrogen-bond donors (Lipinski definition) is 0. The number of rotatable bonds is 2. The molecule has 2 aliphatic heterocycles. The minimum atomic E-state index is -3.81. The van der Waals surface area contributed by atoms with Gasteiger partial charge >= 0.3 is 0 Å². The first-order valence-corrected chi connectivity index (χ1v) is 9.24. The number of benzene rings is 1. The standard InChI is InChI=1S/C14H14ClFN4O3S/c15-11-5-9(16)1-2-14(11)24(21,22)19-4-3-12-13(7-19)23-8-10-6-17-18-20(10)12/h1-2,5-6,12-13H,3-4,7-8H2/t12-,13-/m0/s1. The Morgan fingerprint density at radius 3 is 3.00 bits per heavy atom. The molecule has 1 fully saturated rings. The van der Waals surface area contributed by atoms with Gasteiger partial charge < -0.3 is 4.74 Å². The summed E-state index contributed by atoms with van der Waals surface area (Å²) in [6, 6.07) is 3.24. The van der Waals surface area contributed by atoms with Crippen molar-refractivity contribution in [3.05, 3.63) is 40.9 Å². The third kappa shape index (κ3) is 2.52. The molecule has 2 atom stereocenters. The van der Waals surface area contributed by atoms with Crippen LogP contribution >= 0.6 is 11.6 Å². The van der Waals surface area contributed by atoms with Crippen molar-refractivity contribution in [2.75, 3.05) is 13.1 Å². The van der Waals surface area contributed by atoms with Gasteiger partial charge in [0.25, 0.3) is 0 Å². The highest BCUT2D eigenvalue weighted by atomic mass is 35.5. The smallest absolute Gasteiger partial charge is 0.244 e. The highest BCUT2D eigenvalue weighted by Gasteiger charge is 2.40. The molecule has 0 radical (unpaired) electrons. The van der Waals surface area contributed by atoms with Gasteiger partial charge in [0.05, 0.1) is 35.7 Å². The summed E-state index contributed by atoms with van der Waals surface area (Å²) in [5.41, 5.74) is 0.883. The highest BCUT2D eigenvalue weighted by molar-refractivity contribution is 7.89. The summed E-state index contributed by atoms with van der Waals surface area (Å²) < 4.78 is 47.7. The number of fused-ring (bicyclic) bond motifs is 3. The van der Waals surface area contributed by atoms with Crippen molar-refractivity contribution < 1.29 is 17.5 Å². The summed E-state index contributed by atoms with van der Waals surface area (Å²) in [4.78, 5) is -0.0960. The SMILES string of the molecule is O=S(=O)(c1ccc(F)cc1Cl)N1CC[C@H]2[C@H](C1)OCc1cnnn12. The second kappa shape index (κ2) is 5.76. The number of nitrogens with zero attached hydrogens (tertiary/aromatic N) is 4. The fraction of sp³-hybridized carbons (Fsp3) is 0.429. The maximum absolute atomic E-state index is 13.2. The third-order valence-corrected chi connectivity index (χ3v) is 6.76. The van der Waals surface area contributed by atoms with E-state index in [4.69, 9.17) is 16.3 Å². The normalized spacial score (nSPS) is 24.4.